The van der Waals surface area contributed by atoms with Crippen LogP contribution in [0.5, 0.6) is 5.88 Å². The highest BCUT2D eigenvalue weighted by Crippen LogP contribution is 2.17. The summed E-state index contributed by atoms with van der Waals surface area (Å²) in [5, 5.41) is 10.0. The smallest absolute Gasteiger partial charge is 0.335 e. The van der Waals surface area contributed by atoms with Gasteiger partial charge >= 0.3 is 5.69 Å². The molecule has 2 N–H and O–H groups in total. The van der Waals surface area contributed by atoms with Gasteiger partial charge in [-0.25, -0.2) is 9.36 Å². The van der Waals surface area contributed by atoms with Crippen molar-refractivity contribution in [2.24, 2.45) is 0 Å². The molecule has 0 aliphatic heterocycles. The van der Waals surface area contributed by atoms with Gasteiger partial charge in [0.1, 0.15) is 5.56 Å². The molecule has 0 bridgehead atoms. The van der Waals surface area contributed by atoms with Gasteiger partial charge in [-0.05, 0) is 31.0 Å². The number of hydrogen-bond acceptors (Lipinski definition) is 4. The molecule has 0 spiro atoms. The lowest BCUT2D eigenvalue weighted by molar-refractivity contribution is 0.101. The summed E-state index contributed by atoms with van der Waals surface area (Å²) in [5.74, 6) is -1.25. The predicted molar refractivity (Wildman–Crippen MR) is 73.7 cm³/mol. The highest BCUT2D eigenvalue weighted by molar-refractivity contribution is 5.95. The first-order valence-electron chi connectivity index (χ1n) is 6.14. The van der Waals surface area contributed by atoms with E-state index in [-0.39, 0.29) is 0 Å². The predicted octanol–water partition coefficient (Wildman–Crippen LogP) is 0.996. The number of aryl methyl sites for hydroxylation is 1. The van der Waals surface area contributed by atoms with Crippen LogP contribution in [0.2, 0.25) is 0 Å². The highest BCUT2D eigenvalue weighted by atomic mass is 16.3. The van der Waals surface area contributed by atoms with Gasteiger partial charge in [0.05, 0.1) is 5.69 Å². The van der Waals surface area contributed by atoms with Crippen molar-refractivity contribution in [3.8, 4) is 11.6 Å². The number of hydrogen-bond donors (Lipinski definition) is 2. The first-order valence-corrected chi connectivity index (χ1v) is 6.14. The summed E-state index contributed by atoms with van der Waals surface area (Å²) in [4.78, 5) is 36.8. The van der Waals surface area contributed by atoms with Crippen LogP contribution in [0.15, 0.2) is 33.9 Å². The van der Waals surface area contributed by atoms with Crippen LogP contribution < -0.4 is 11.2 Å². The van der Waals surface area contributed by atoms with Gasteiger partial charge < -0.3 is 5.11 Å². The van der Waals surface area contributed by atoms with Crippen molar-refractivity contribution in [1.82, 2.24) is 9.55 Å². The third kappa shape index (κ3) is 2.27. The number of aromatic amines is 1. The number of Topliss-reactive ketones (excluding diaryl/α,β-unsaturated/α-hetero) is 1. The topological polar surface area (TPSA) is 92.2 Å². The van der Waals surface area contributed by atoms with Crippen molar-refractivity contribution in [2.45, 2.75) is 20.3 Å². The van der Waals surface area contributed by atoms with E-state index in [0.717, 1.165) is 23.5 Å². The van der Waals surface area contributed by atoms with Gasteiger partial charge in [-0.1, -0.05) is 19.1 Å². The molecule has 1 aromatic heterocycles. The number of nitrogens with one attached hydrogen (secondary N) is 1. The van der Waals surface area contributed by atoms with Crippen molar-refractivity contribution < 1.29 is 9.90 Å². The normalized spacial score (nSPS) is 10.5. The van der Waals surface area contributed by atoms with Crippen LogP contribution in [-0.4, -0.2) is 20.4 Å². The number of rotatable bonds is 3. The van der Waals surface area contributed by atoms with Crippen LogP contribution >= 0.6 is 0 Å². The van der Waals surface area contributed by atoms with E-state index < -0.39 is 28.5 Å². The quantitative estimate of drug-likeness (QED) is 0.816. The zero-order chi connectivity index (χ0) is 14.9. The Labute approximate surface area is 114 Å². The minimum Gasteiger partial charge on any atom is -0.493 e. The lowest BCUT2D eigenvalue weighted by atomic mass is 10.1. The molecule has 0 fully saturated rings. The van der Waals surface area contributed by atoms with E-state index in [0.29, 0.717) is 5.69 Å². The minimum atomic E-state index is -0.888. The summed E-state index contributed by atoms with van der Waals surface area (Å²) in [7, 11) is 0. The molecule has 20 heavy (non-hydrogen) atoms. The molecule has 6 heteroatoms. The van der Waals surface area contributed by atoms with E-state index in [4.69, 9.17) is 0 Å². The molecule has 1 heterocycles. The molecule has 2 rings (SSSR count). The Kier molecular flexibility index (Phi) is 3.56. The average molecular weight is 274 g/mol. The standard InChI is InChI=1S/C14H14N2O4/c1-3-9-4-6-10(7-5-9)16-13(19)11(8(2)17)12(18)15-14(16)20/h4-7,19H,3H2,1-2H3,(H,15,18,20). The molecule has 0 saturated carbocycles. The number of nitrogens with zero attached hydrogens (tertiary/aromatic N) is 1. The SMILES string of the molecule is CCc1ccc(-n2c(O)c(C(C)=O)c(=O)[nH]c2=O)cc1. The number of aromatic hydroxyl groups is 1. The number of ketones is 1. The number of benzene rings is 1. The number of carbonyl (C=O) groups excluding carboxylic acids is 1. The zero-order valence-corrected chi connectivity index (χ0v) is 11.1. The Morgan fingerprint density at radius 2 is 1.85 bits per heavy atom. The van der Waals surface area contributed by atoms with E-state index in [1.165, 1.54) is 0 Å². The highest BCUT2D eigenvalue weighted by Gasteiger charge is 2.18. The van der Waals surface area contributed by atoms with Gasteiger partial charge in [-0.3, -0.25) is 14.6 Å². The van der Waals surface area contributed by atoms with E-state index in [1.54, 1.807) is 24.3 Å². The van der Waals surface area contributed by atoms with Crippen LogP contribution in [0.25, 0.3) is 5.69 Å². The summed E-state index contributed by atoms with van der Waals surface area (Å²) in [6.07, 6.45) is 0.839. The third-order valence-electron chi connectivity index (χ3n) is 3.04. The minimum absolute atomic E-state index is 0.378. The van der Waals surface area contributed by atoms with Gasteiger partial charge in [-0.2, -0.15) is 0 Å². The summed E-state index contributed by atoms with van der Waals surface area (Å²) in [6, 6.07) is 6.89. The molecule has 6 nitrogen and oxygen atoms in total. The largest absolute Gasteiger partial charge is 0.493 e. The second-order valence-corrected chi connectivity index (χ2v) is 4.37. The van der Waals surface area contributed by atoms with E-state index in [9.17, 15) is 19.5 Å². The second-order valence-electron chi connectivity index (χ2n) is 4.37. The van der Waals surface area contributed by atoms with Crippen LogP contribution in [0.1, 0.15) is 29.8 Å². The van der Waals surface area contributed by atoms with Gasteiger partial charge in [0.25, 0.3) is 5.56 Å². The van der Waals surface area contributed by atoms with Gasteiger partial charge in [0.15, 0.2) is 5.78 Å². The summed E-state index contributed by atoms with van der Waals surface area (Å²) < 4.78 is 0.900. The maximum absolute atomic E-state index is 11.8. The van der Waals surface area contributed by atoms with Gasteiger partial charge in [0.2, 0.25) is 5.88 Å². The molecular formula is C14H14N2O4. The molecule has 1 aromatic carbocycles. The Morgan fingerprint density at radius 3 is 2.35 bits per heavy atom. The van der Waals surface area contributed by atoms with Gasteiger partial charge in [-0.15, -0.1) is 0 Å². The Morgan fingerprint density at radius 1 is 1.25 bits per heavy atom. The molecular weight excluding hydrogens is 260 g/mol. The van der Waals surface area contributed by atoms with Crippen molar-refractivity contribution in [1.29, 1.82) is 0 Å². The molecule has 0 aliphatic carbocycles. The first-order chi connectivity index (χ1) is 9.45. The molecule has 0 radical (unpaired) electrons. The Balaban J connectivity index is 2.73. The number of aromatic nitrogens is 2. The molecule has 0 atom stereocenters. The zero-order valence-electron chi connectivity index (χ0n) is 11.1. The average Bonchev–Trinajstić information content (AvgIpc) is 2.38. The van der Waals surface area contributed by atoms with Crippen LogP contribution in [0, 0.1) is 0 Å². The lowest BCUT2D eigenvalue weighted by Crippen LogP contribution is -2.32. The Bertz CT molecular complexity index is 769. The van der Waals surface area contributed by atoms with Crippen molar-refractivity contribution in [3.05, 3.63) is 56.2 Å². The van der Waals surface area contributed by atoms with Crippen LogP contribution in [0.3, 0.4) is 0 Å². The fraction of sp³-hybridized carbons (Fsp3) is 0.214. The lowest BCUT2D eigenvalue weighted by Gasteiger charge is -2.10. The van der Waals surface area contributed by atoms with Gasteiger partial charge in [0, 0.05) is 0 Å². The third-order valence-corrected chi connectivity index (χ3v) is 3.04. The van der Waals surface area contributed by atoms with E-state index in [1.807, 2.05) is 11.9 Å². The number of H-pyrrole nitrogens is 1. The van der Waals surface area contributed by atoms with E-state index >= 15 is 0 Å². The van der Waals surface area contributed by atoms with Crippen LogP contribution in [0.4, 0.5) is 0 Å². The maximum atomic E-state index is 11.8. The van der Waals surface area contributed by atoms with Crippen LogP contribution in [-0.2, 0) is 6.42 Å². The fourth-order valence-electron chi connectivity index (χ4n) is 1.96. The fourth-order valence-corrected chi connectivity index (χ4v) is 1.96. The second kappa shape index (κ2) is 5.16. The van der Waals surface area contributed by atoms with Crippen molar-refractivity contribution in [2.75, 3.05) is 0 Å². The molecule has 2 aromatic rings. The Hall–Kier alpha value is -2.63. The molecule has 0 saturated heterocycles. The summed E-state index contributed by atoms with van der Waals surface area (Å²) in [6.45, 7) is 3.14. The monoisotopic (exact) mass is 274 g/mol. The van der Waals surface area contributed by atoms with Crippen molar-refractivity contribution in [3.63, 3.8) is 0 Å². The number of carbonyl (C=O) groups is 1. The molecule has 0 aliphatic rings. The molecule has 0 amide bonds. The van der Waals surface area contributed by atoms with E-state index in [2.05, 4.69) is 0 Å². The summed E-state index contributed by atoms with van der Waals surface area (Å²) in [5.41, 5.74) is -0.659. The summed E-state index contributed by atoms with van der Waals surface area (Å²) >= 11 is 0. The maximum Gasteiger partial charge on any atom is 0.335 e. The molecule has 104 valence electrons. The molecule has 0 unspecified atom stereocenters. The first kappa shape index (κ1) is 13.8. The van der Waals surface area contributed by atoms with Crippen molar-refractivity contribution >= 4 is 5.78 Å².